The molecule has 4 bridgehead atoms. The fourth-order valence-corrected chi connectivity index (χ4v) is 7.85. The highest BCUT2D eigenvalue weighted by Crippen LogP contribution is 2.56. The van der Waals surface area contributed by atoms with Gasteiger partial charge in [0.05, 0.1) is 0 Å². The number of likely N-dealkylation sites (tertiary alicyclic amines) is 1. The van der Waals surface area contributed by atoms with E-state index in [1.807, 2.05) is 6.92 Å². The van der Waals surface area contributed by atoms with Crippen molar-refractivity contribution in [3.63, 3.8) is 0 Å². The number of nitrogens with one attached hydrogen (secondary N) is 1. The van der Waals surface area contributed by atoms with Crippen LogP contribution in [0, 0.1) is 36.5 Å². The van der Waals surface area contributed by atoms with Gasteiger partial charge in [-0.1, -0.05) is 13.3 Å². The van der Waals surface area contributed by atoms with Crippen LogP contribution in [0.4, 0.5) is 0 Å². The average molecular weight is 440 g/mol. The van der Waals surface area contributed by atoms with Crippen molar-refractivity contribution in [2.24, 2.45) is 29.6 Å². The zero-order valence-corrected chi connectivity index (χ0v) is 20.1. The summed E-state index contributed by atoms with van der Waals surface area (Å²) in [4.78, 5) is 28.8. The Hall–Kier alpha value is -1.62. The third kappa shape index (κ3) is 4.30. The number of pyridine rings is 1. The van der Waals surface area contributed by atoms with Crippen molar-refractivity contribution < 1.29 is 4.79 Å². The second-order valence-corrected chi connectivity index (χ2v) is 11.2. The molecule has 6 rings (SSSR count). The summed E-state index contributed by atoms with van der Waals surface area (Å²) >= 11 is 0. The first-order valence-corrected chi connectivity index (χ1v) is 13.3. The van der Waals surface area contributed by atoms with E-state index in [0.29, 0.717) is 17.9 Å². The molecule has 0 atom stereocenters. The lowest BCUT2D eigenvalue weighted by atomic mass is 9.52. The highest BCUT2D eigenvalue weighted by atomic mass is 16.2. The number of hydrogen-bond donors (Lipinski definition) is 1. The molecule has 32 heavy (non-hydrogen) atoms. The van der Waals surface area contributed by atoms with E-state index in [2.05, 4.69) is 21.7 Å². The summed E-state index contributed by atoms with van der Waals surface area (Å²) in [5, 5.41) is 3.23. The summed E-state index contributed by atoms with van der Waals surface area (Å²) in [6.45, 7) is 9.00. The molecule has 1 amide bonds. The first kappa shape index (κ1) is 22.2. The van der Waals surface area contributed by atoms with Crippen molar-refractivity contribution in [3.8, 4) is 0 Å². The van der Waals surface area contributed by atoms with E-state index >= 15 is 0 Å². The van der Waals surface area contributed by atoms with Gasteiger partial charge in [0.1, 0.15) is 5.56 Å². The van der Waals surface area contributed by atoms with Crippen molar-refractivity contribution in [1.82, 2.24) is 14.8 Å². The second kappa shape index (κ2) is 9.32. The van der Waals surface area contributed by atoms with Crippen LogP contribution >= 0.6 is 0 Å². The molecule has 1 aromatic rings. The number of nitrogens with zero attached hydrogens (tertiary/aromatic N) is 2. The zero-order valence-electron chi connectivity index (χ0n) is 20.1. The summed E-state index contributed by atoms with van der Waals surface area (Å²) in [7, 11) is 0. The van der Waals surface area contributed by atoms with Gasteiger partial charge in [0.15, 0.2) is 5.43 Å². The van der Waals surface area contributed by atoms with E-state index in [9.17, 15) is 9.59 Å². The molecule has 0 unspecified atom stereocenters. The van der Waals surface area contributed by atoms with Gasteiger partial charge < -0.3 is 14.8 Å². The number of piperidine rings is 1. The largest absolute Gasteiger partial charge is 0.352 e. The van der Waals surface area contributed by atoms with Crippen LogP contribution in [0.5, 0.6) is 0 Å². The molecule has 1 aromatic heterocycles. The number of amides is 1. The Labute approximate surface area is 192 Å². The minimum absolute atomic E-state index is 0.115. The van der Waals surface area contributed by atoms with E-state index in [-0.39, 0.29) is 11.3 Å². The Morgan fingerprint density at radius 2 is 1.66 bits per heavy atom. The molecular formula is C27H41N3O2. The van der Waals surface area contributed by atoms with Crippen molar-refractivity contribution in [3.05, 3.63) is 33.2 Å². The van der Waals surface area contributed by atoms with Crippen LogP contribution in [0.25, 0.3) is 0 Å². The van der Waals surface area contributed by atoms with Crippen molar-refractivity contribution in [2.45, 2.75) is 78.2 Å². The van der Waals surface area contributed by atoms with Gasteiger partial charge in [-0.05, 0) is 101 Å². The Morgan fingerprint density at radius 3 is 2.28 bits per heavy atom. The van der Waals surface area contributed by atoms with E-state index in [1.165, 1.54) is 64.5 Å². The zero-order chi connectivity index (χ0) is 22.2. The molecule has 4 aliphatic carbocycles. The lowest BCUT2D eigenvalue weighted by Crippen LogP contribution is -2.49. The van der Waals surface area contributed by atoms with Crippen molar-refractivity contribution in [2.75, 3.05) is 26.2 Å². The third-order valence-corrected chi connectivity index (χ3v) is 9.20. The third-order valence-electron chi connectivity index (χ3n) is 9.20. The second-order valence-electron chi connectivity index (χ2n) is 11.2. The first-order valence-electron chi connectivity index (χ1n) is 13.3. The molecule has 5 fully saturated rings. The molecular weight excluding hydrogens is 398 g/mol. The molecule has 0 aromatic carbocycles. The highest BCUT2D eigenvalue weighted by molar-refractivity contribution is 5.95. The molecule has 1 N–H and O–H groups in total. The minimum atomic E-state index is -0.146. The molecule has 2 heterocycles. The van der Waals surface area contributed by atoms with E-state index in [4.69, 9.17) is 0 Å². The number of aromatic nitrogens is 1. The smallest absolute Gasteiger partial charge is 0.257 e. The Bertz CT molecular complexity index is 871. The van der Waals surface area contributed by atoms with Gasteiger partial charge in [0, 0.05) is 37.1 Å². The average Bonchev–Trinajstić information content (AvgIpc) is 2.77. The molecule has 1 aliphatic heterocycles. The fraction of sp³-hybridized carbons (Fsp3) is 0.778. The van der Waals surface area contributed by atoms with Gasteiger partial charge in [-0.15, -0.1) is 0 Å². The molecule has 5 heteroatoms. The SMILES string of the molecule is CCc1c(C(=O)NCC2C3CC4CC(C3)CC2C4)c(=O)cc(C)n1CCN1CCCCC1. The molecule has 5 nitrogen and oxygen atoms in total. The predicted molar refractivity (Wildman–Crippen MR) is 128 cm³/mol. The molecule has 0 spiro atoms. The lowest BCUT2D eigenvalue weighted by molar-refractivity contribution is -0.0347. The van der Waals surface area contributed by atoms with Crippen LogP contribution in [0.2, 0.25) is 0 Å². The van der Waals surface area contributed by atoms with E-state index in [0.717, 1.165) is 54.7 Å². The number of carbonyl (C=O) groups excluding carboxylic acids is 1. The van der Waals surface area contributed by atoms with Crippen LogP contribution in [0.1, 0.15) is 80.0 Å². The van der Waals surface area contributed by atoms with E-state index < -0.39 is 0 Å². The highest BCUT2D eigenvalue weighted by Gasteiger charge is 2.48. The van der Waals surface area contributed by atoms with Gasteiger partial charge in [-0.2, -0.15) is 0 Å². The normalized spacial score (nSPS) is 31.8. The molecule has 4 saturated carbocycles. The maximum atomic E-state index is 13.3. The first-order chi connectivity index (χ1) is 15.5. The summed E-state index contributed by atoms with van der Waals surface area (Å²) < 4.78 is 2.23. The Kier molecular flexibility index (Phi) is 6.46. The summed E-state index contributed by atoms with van der Waals surface area (Å²) in [5.74, 6) is 3.93. The summed E-state index contributed by atoms with van der Waals surface area (Å²) in [6.07, 6.45) is 11.5. The fourth-order valence-electron chi connectivity index (χ4n) is 7.85. The van der Waals surface area contributed by atoms with Gasteiger partial charge in [0.2, 0.25) is 0 Å². The van der Waals surface area contributed by atoms with Gasteiger partial charge in [-0.25, -0.2) is 0 Å². The summed E-state index contributed by atoms with van der Waals surface area (Å²) in [6, 6.07) is 1.67. The summed E-state index contributed by atoms with van der Waals surface area (Å²) in [5.41, 5.74) is 2.16. The molecule has 1 saturated heterocycles. The predicted octanol–water partition coefficient (Wildman–Crippen LogP) is 4.01. The maximum absolute atomic E-state index is 13.3. The van der Waals surface area contributed by atoms with Crippen LogP contribution in [0.3, 0.4) is 0 Å². The Morgan fingerprint density at radius 1 is 1.00 bits per heavy atom. The monoisotopic (exact) mass is 439 g/mol. The van der Waals surface area contributed by atoms with Crippen molar-refractivity contribution >= 4 is 5.91 Å². The van der Waals surface area contributed by atoms with Crippen molar-refractivity contribution in [1.29, 1.82) is 0 Å². The van der Waals surface area contributed by atoms with Gasteiger partial charge in [-0.3, -0.25) is 9.59 Å². The lowest BCUT2D eigenvalue weighted by Gasteiger charge is -2.54. The van der Waals surface area contributed by atoms with Crippen LogP contribution in [-0.2, 0) is 13.0 Å². The van der Waals surface area contributed by atoms with Gasteiger partial charge in [0.25, 0.3) is 5.91 Å². The maximum Gasteiger partial charge on any atom is 0.257 e. The van der Waals surface area contributed by atoms with Crippen LogP contribution in [0.15, 0.2) is 10.9 Å². The Balaban J connectivity index is 1.29. The van der Waals surface area contributed by atoms with Crippen LogP contribution < -0.4 is 10.7 Å². The number of aryl methyl sites for hydroxylation is 1. The van der Waals surface area contributed by atoms with E-state index in [1.54, 1.807) is 6.07 Å². The number of carbonyl (C=O) groups is 1. The van der Waals surface area contributed by atoms with Gasteiger partial charge >= 0.3 is 0 Å². The standard InChI is InChI=1S/C27H41N3O2/c1-3-24-26(25(31)11-18(2)30(24)10-9-29-7-5-4-6-8-29)27(32)28-17-23-21-13-19-12-20(15-21)16-22(23)14-19/h11,19-23H,3-10,12-17H2,1-2H3,(H,28,32). The topological polar surface area (TPSA) is 54.3 Å². The number of rotatable bonds is 7. The molecule has 0 radical (unpaired) electrons. The minimum Gasteiger partial charge on any atom is -0.352 e. The molecule has 5 aliphatic rings. The number of hydrogen-bond acceptors (Lipinski definition) is 3. The molecule has 176 valence electrons. The van der Waals surface area contributed by atoms with Crippen LogP contribution in [-0.4, -0.2) is 41.6 Å². The quantitative estimate of drug-likeness (QED) is 0.698.